The number of halogens is 1. The normalized spacial score (nSPS) is 13.8. The Kier molecular flexibility index (Phi) is 6.04. The molecule has 0 saturated carbocycles. The second kappa shape index (κ2) is 7.55. The Balaban J connectivity index is 2.74. The number of hydrogen-bond acceptors (Lipinski definition) is 4. The van der Waals surface area contributed by atoms with Crippen LogP contribution in [0.4, 0.5) is 0 Å². The molecule has 4 nitrogen and oxygen atoms in total. The molecule has 0 spiro atoms. The maximum atomic E-state index is 11.4. The molecule has 0 N–H and O–H groups in total. The summed E-state index contributed by atoms with van der Waals surface area (Å²) in [5.74, 6) is -1.55. The second-order valence-electron chi connectivity index (χ2n) is 3.89. The number of rotatable bonds is 5. The standard InChI is InChI=1S/C14H15ClN2O2/c1-3-19-14(18)12(8-16)9-17-10(2)11-5-4-6-13(15)7-11/h4-7,9-10,12H,3H2,1-2H3/t10-,12-/m0/s1. The smallest absolute Gasteiger partial charge is 0.328 e. The van der Waals surface area contributed by atoms with Crippen molar-refractivity contribution in [2.45, 2.75) is 19.9 Å². The van der Waals surface area contributed by atoms with Gasteiger partial charge in [0.1, 0.15) is 0 Å². The predicted octanol–water partition coefficient (Wildman–Crippen LogP) is 3.17. The van der Waals surface area contributed by atoms with Gasteiger partial charge in [-0.05, 0) is 31.5 Å². The van der Waals surface area contributed by atoms with Crippen molar-refractivity contribution in [1.29, 1.82) is 5.26 Å². The van der Waals surface area contributed by atoms with E-state index in [9.17, 15) is 4.79 Å². The van der Waals surface area contributed by atoms with E-state index >= 15 is 0 Å². The lowest BCUT2D eigenvalue weighted by molar-refractivity contribution is -0.143. The molecular weight excluding hydrogens is 264 g/mol. The van der Waals surface area contributed by atoms with Crippen molar-refractivity contribution in [2.24, 2.45) is 10.9 Å². The molecule has 1 rings (SSSR count). The third kappa shape index (κ3) is 4.72. The Morgan fingerprint density at radius 1 is 1.63 bits per heavy atom. The van der Waals surface area contributed by atoms with Crippen molar-refractivity contribution < 1.29 is 9.53 Å². The molecule has 1 aromatic rings. The maximum Gasteiger partial charge on any atom is 0.328 e. The first-order chi connectivity index (χ1) is 9.08. The largest absolute Gasteiger partial charge is 0.465 e. The second-order valence-corrected chi connectivity index (χ2v) is 4.32. The third-order valence-electron chi connectivity index (χ3n) is 2.47. The highest BCUT2D eigenvalue weighted by atomic mass is 35.5. The number of ether oxygens (including phenoxy) is 1. The van der Waals surface area contributed by atoms with Crippen LogP contribution in [-0.2, 0) is 9.53 Å². The van der Waals surface area contributed by atoms with Crippen molar-refractivity contribution in [2.75, 3.05) is 6.61 Å². The van der Waals surface area contributed by atoms with Gasteiger partial charge < -0.3 is 4.74 Å². The SMILES string of the molecule is CCOC(=O)[C@@H](C#N)C=N[C@@H](C)c1cccc(Cl)c1. The van der Waals surface area contributed by atoms with Gasteiger partial charge >= 0.3 is 5.97 Å². The Bertz CT molecular complexity index is 508. The molecule has 0 fully saturated rings. The van der Waals surface area contributed by atoms with Crippen LogP contribution in [0, 0.1) is 17.2 Å². The van der Waals surface area contributed by atoms with Gasteiger partial charge in [0.2, 0.25) is 0 Å². The Labute approximate surface area is 117 Å². The number of esters is 1. The van der Waals surface area contributed by atoms with Crippen LogP contribution in [-0.4, -0.2) is 18.8 Å². The van der Waals surface area contributed by atoms with Gasteiger partial charge in [0, 0.05) is 11.2 Å². The minimum absolute atomic E-state index is 0.177. The number of nitriles is 1. The van der Waals surface area contributed by atoms with Crippen LogP contribution in [0.2, 0.25) is 5.02 Å². The molecule has 0 aliphatic carbocycles. The molecule has 19 heavy (non-hydrogen) atoms. The minimum Gasteiger partial charge on any atom is -0.465 e. The van der Waals surface area contributed by atoms with Crippen LogP contribution in [0.15, 0.2) is 29.3 Å². The van der Waals surface area contributed by atoms with Crippen molar-refractivity contribution in [1.82, 2.24) is 0 Å². The van der Waals surface area contributed by atoms with Gasteiger partial charge in [-0.1, -0.05) is 23.7 Å². The number of hydrogen-bond donors (Lipinski definition) is 0. The summed E-state index contributed by atoms with van der Waals surface area (Å²) in [7, 11) is 0. The van der Waals surface area contributed by atoms with Crippen LogP contribution in [0.3, 0.4) is 0 Å². The number of nitrogens with zero attached hydrogens (tertiary/aromatic N) is 2. The maximum absolute atomic E-state index is 11.4. The van der Waals surface area contributed by atoms with E-state index in [2.05, 4.69) is 4.99 Å². The fourth-order valence-electron chi connectivity index (χ4n) is 1.45. The van der Waals surface area contributed by atoms with Gasteiger partial charge in [0.15, 0.2) is 5.92 Å². The molecule has 0 saturated heterocycles. The van der Waals surface area contributed by atoms with Gasteiger partial charge in [-0.25, -0.2) is 0 Å². The van der Waals surface area contributed by atoms with Crippen molar-refractivity contribution >= 4 is 23.8 Å². The number of benzene rings is 1. The van der Waals surface area contributed by atoms with E-state index in [1.165, 1.54) is 6.21 Å². The van der Waals surface area contributed by atoms with E-state index in [0.717, 1.165) is 5.56 Å². The van der Waals surface area contributed by atoms with Crippen LogP contribution in [0.1, 0.15) is 25.5 Å². The summed E-state index contributed by atoms with van der Waals surface area (Å²) in [6, 6.07) is 8.97. The Morgan fingerprint density at radius 2 is 2.37 bits per heavy atom. The molecule has 0 aliphatic heterocycles. The van der Waals surface area contributed by atoms with E-state index < -0.39 is 11.9 Å². The summed E-state index contributed by atoms with van der Waals surface area (Å²) in [4.78, 5) is 15.6. The lowest BCUT2D eigenvalue weighted by atomic mass is 10.1. The van der Waals surface area contributed by atoms with E-state index in [0.29, 0.717) is 5.02 Å². The number of aliphatic imine (C=N–C) groups is 1. The number of carbonyl (C=O) groups is 1. The average molecular weight is 279 g/mol. The lowest BCUT2D eigenvalue weighted by Gasteiger charge is -2.08. The molecule has 0 radical (unpaired) electrons. The van der Waals surface area contributed by atoms with Crippen LogP contribution in [0.5, 0.6) is 0 Å². The summed E-state index contributed by atoms with van der Waals surface area (Å²) in [5.41, 5.74) is 0.921. The van der Waals surface area contributed by atoms with Crippen molar-refractivity contribution in [3.8, 4) is 6.07 Å². The Morgan fingerprint density at radius 3 is 2.95 bits per heavy atom. The summed E-state index contributed by atoms with van der Waals surface area (Å²) in [6.07, 6.45) is 1.32. The number of carbonyl (C=O) groups excluding carboxylic acids is 1. The zero-order chi connectivity index (χ0) is 14.3. The van der Waals surface area contributed by atoms with Gasteiger partial charge in [-0.15, -0.1) is 0 Å². The monoisotopic (exact) mass is 278 g/mol. The van der Waals surface area contributed by atoms with Crippen LogP contribution < -0.4 is 0 Å². The zero-order valence-electron chi connectivity index (χ0n) is 10.8. The summed E-state index contributed by atoms with van der Waals surface area (Å²) < 4.78 is 4.78. The van der Waals surface area contributed by atoms with Gasteiger partial charge in [0.25, 0.3) is 0 Å². The summed E-state index contributed by atoms with van der Waals surface area (Å²) >= 11 is 5.89. The topological polar surface area (TPSA) is 62.5 Å². The first-order valence-corrected chi connectivity index (χ1v) is 6.31. The molecular formula is C14H15ClN2O2. The molecule has 0 aromatic heterocycles. The highest BCUT2D eigenvalue weighted by molar-refractivity contribution is 6.30. The highest BCUT2D eigenvalue weighted by Crippen LogP contribution is 2.20. The van der Waals surface area contributed by atoms with E-state index in [4.69, 9.17) is 21.6 Å². The lowest BCUT2D eigenvalue weighted by Crippen LogP contribution is -2.17. The van der Waals surface area contributed by atoms with Crippen molar-refractivity contribution in [3.05, 3.63) is 34.9 Å². The van der Waals surface area contributed by atoms with Crippen LogP contribution in [0.25, 0.3) is 0 Å². The van der Waals surface area contributed by atoms with E-state index in [-0.39, 0.29) is 12.6 Å². The van der Waals surface area contributed by atoms with Crippen LogP contribution >= 0.6 is 11.6 Å². The molecule has 0 heterocycles. The third-order valence-corrected chi connectivity index (χ3v) is 2.70. The molecule has 2 atom stereocenters. The molecule has 100 valence electrons. The molecule has 0 bridgehead atoms. The Hall–Kier alpha value is -1.86. The minimum atomic E-state index is -0.971. The highest BCUT2D eigenvalue weighted by Gasteiger charge is 2.16. The zero-order valence-corrected chi connectivity index (χ0v) is 11.6. The summed E-state index contributed by atoms with van der Waals surface area (Å²) in [6.45, 7) is 3.80. The molecule has 1 aromatic carbocycles. The molecule has 0 amide bonds. The van der Waals surface area contributed by atoms with Crippen molar-refractivity contribution in [3.63, 3.8) is 0 Å². The molecule has 0 unspecified atom stereocenters. The molecule has 5 heteroatoms. The van der Waals surface area contributed by atoms with E-state index in [1.807, 2.05) is 25.1 Å². The quantitative estimate of drug-likeness (QED) is 0.614. The van der Waals surface area contributed by atoms with Gasteiger partial charge in [0.05, 0.1) is 18.7 Å². The average Bonchev–Trinajstić information content (AvgIpc) is 2.39. The van der Waals surface area contributed by atoms with Gasteiger partial charge in [-0.2, -0.15) is 5.26 Å². The fraction of sp³-hybridized carbons (Fsp3) is 0.357. The fourth-order valence-corrected chi connectivity index (χ4v) is 1.65. The van der Waals surface area contributed by atoms with Gasteiger partial charge in [-0.3, -0.25) is 9.79 Å². The first-order valence-electron chi connectivity index (χ1n) is 5.93. The van der Waals surface area contributed by atoms with E-state index in [1.54, 1.807) is 19.1 Å². The summed E-state index contributed by atoms with van der Waals surface area (Å²) in [5, 5.41) is 9.51. The molecule has 0 aliphatic rings. The predicted molar refractivity (Wildman–Crippen MR) is 74.1 cm³/mol. The first kappa shape index (κ1) is 15.2.